The quantitative estimate of drug-likeness (QED) is 0.560. The van der Waals surface area contributed by atoms with E-state index >= 15 is 0 Å². The van der Waals surface area contributed by atoms with Crippen molar-refractivity contribution in [1.82, 2.24) is 9.80 Å². The number of nitrogens with zero attached hydrogens (tertiary/aromatic N) is 2. The molecule has 0 saturated carbocycles. The van der Waals surface area contributed by atoms with E-state index in [1.54, 1.807) is 4.90 Å². The third-order valence-corrected chi connectivity index (χ3v) is 2.79. The van der Waals surface area contributed by atoms with Gasteiger partial charge < -0.3 is 9.64 Å². The van der Waals surface area contributed by atoms with Crippen molar-refractivity contribution < 1.29 is 9.53 Å². The summed E-state index contributed by atoms with van der Waals surface area (Å²) < 4.78 is 4.69. The predicted octanol–water partition coefficient (Wildman–Crippen LogP) is 0.777. The van der Waals surface area contributed by atoms with Crippen molar-refractivity contribution in [3.8, 4) is 0 Å². The van der Waals surface area contributed by atoms with E-state index in [0.29, 0.717) is 12.1 Å². The van der Waals surface area contributed by atoms with Gasteiger partial charge in [0.1, 0.15) is 0 Å². The maximum atomic E-state index is 11.2. The van der Waals surface area contributed by atoms with Gasteiger partial charge in [0.05, 0.1) is 7.11 Å². The molecule has 1 aliphatic heterocycles. The zero-order chi connectivity index (χ0) is 10.0. The molecular weight excluding hydrogens is 168 g/mol. The van der Waals surface area contributed by atoms with Crippen molar-refractivity contribution >= 4 is 6.09 Å². The Morgan fingerprint density at radius 3 is 2.15 bits per heavy atom. The molecule has 1 rings (SSSR count). The Hall–Kier alpha value is -0.770. The molecule has 0 aromatic carbocycles. The largest absolute Gasteiger partial charge is 0.453 e. The number of hydrogen-bond donors (Lipinski definition) is 0. The number of piperazine rings is 1. The Morgan fingerprint density at radius 1 is 1.31 bits per heavy atom. The second-order valence-corrected chi connectivity index (χ2v) is 3.74. The summed E-state index contributed by atoms with van der Waals surface area (Å²) in [4.78, 5) is 15.3. The fraction of sp³-hybridized carbons (Fsp3) is 0.889. The Labute approximate surface area is 79.4 Å². The van der Waals surface area contributed by atoms with Crippen LogP contribution in [0, 0.1) is 0 Å². The topological polar surface area (TPSA) is 32.8 Å². The van der Waals surface area contributed by atoms with Gasteiger partial charge in [0.25, 0.3) is 0 Å². The first-order valence-electron chi connectivity index (χ1n) is 4.61. The van der Waals surface area contributed by atoms with Crippen LogP contribution in [0.4, 0.5) is 4.79 Å². The van der Waals surface area contributed by atoms with Crippen LogP contribution in [0.25, 0.3) is 0 Å². The SMILES string of the molecule is COC(=O)N1CC(C)N(C)C(C)C1. The molecule has 0 aliphatic carbocycles. The van der Waals surface area contributed by atoms with Gasteiger partial charge in [-0.05, 0) is 20.9 Å². The highest BCUT2D eigenvalue weighted by Crippen LogP contribution is 2.13. The lowest BCUT2D eigenvalue weighted by molar-refractivity contribution is 0.0495. The molecule has 13 heavy (non-hydrogen) atoms. The summed E-state index contributed by atoms with van der Waals surface area (Å²) in [7, 11) is 3.51. The van der Waals surface area contributed by atoms with Crippen molar-refractivity contribution in [2.75, 3.05) is 27.2 Å². The molecule has 1 amide bonds. The average Bonchev–Trinajstić information content (AvgIpc) is 2.12. The summed E-state index contributed by atoms with van der Waals surface area (Å²) in [5, 5.41) is 0. The van der Waals surface area contributed by atoms with Gasteiger partial charge in [-0.3, -0.25) is 4.90 Å². The van der Waals surface area contributed by atoms with Crippen LogP contribution in [0.15, 0.2) is 0 Å². The van der Waals surface area contributed by atoms with Gasteiger partial charge in [0.15, 0.2) is 0 Å². The molecule has 0 radical (unpaired) electrons. The Bertz CT molecular complexity index is 184. The zero-order valence-corrected chi connectivity index (χ0v) is 8.78. The van der Waals surface area contributed by atoms with Crippen LogP contribution < -0.4 is 0 Å². The van der Waals surface area contributed by atoms with E-state index in [1.165, 1.54) is 7.11 Å². The fourth-order valence-corrected chi connectivity index (χ4v) is 1.68. The molecule has 1 fully saturated rings. The zero-order valence-electron chi connectivity index (χ0n) is 8.78. The minimum absolute atomic E-state index is 0.216. The summed E-state index contributed by atoms with van der Waals surface area (Å²) in [6.45, 7) is 5.75. The smallest absolute Gasteiger partial charge is 0.409 e. The monoisotopic (exact) mass is 186 g/mol. The molecule has 1 saturated heterocycles. The summed E-state index contributed by atoms with van der Waals surface area (Å²) in [5.74, 6) is 0. The van der Waals surface area contributed by atoms with E-state index in [1.807, 2.05) is 0 Å². The van der Waals surface area contributed by atoms with Crippen LogP contribution in [-0.4, -0.2) is 55.2 Å². The first-order valence-corrected chi connectivity index (χ1v) is 4.61. The van der Waals surface area contributed by atoms with E-state index in [-0.39, 0.29) is 6.09 Å². The first kappa shape index (κ1) is 10.3. The van der Waals surface area contributed by atoms with Gasteiger partial charge in [-0.1, -0.05) is 0 Å². The molecule has 76 valence electrons. The lowest BCUT2D eigenvalue weighted by Crippen LogP contribution is -2.56. The number of hydrogen-bond acceptors (Lipinski definition) is 3. The molecule has 4 nitrogen and oxygen atoms in total. The molecule has 4 heteroatoms. The number of ether oxygens (including phenoxy) is 1. The van der Waals surface area contributed by atoms with Crippen LogP contribution in [0.2, 0.25) is 0 Å². The van der Waals surface area contributed by atoms with Gasteiger partial charge >= 0.3 is 6.09 Å². The minimum atomic E-state index is -0.216. The molecule has 2 unspecified atom stereocenters. The number of carbonyl (C=O) groups is 1. The molecule has 0 spiro atoms. The number of carbonyl (C=O) groups excluding carboxylic acids is 1. The molecule has 0 bridgehead atoms. The molecular formula is C9H18N2O2. The Kier molecular flexibility index (Phi) is 3.14. The second kappa shape index (κ2) is 3.96. The maximum Gasteiger partial charge on any atom is 0.409 e. The lowest BCUT2D eigenvalue weighted by Gasteiger charge is -2.41. The first-order chi connectivity index (χ1) is 6.06. The molecule has 0 aromatic heterocycles. The fourth-order valence-electron chi connectivity index (χ4n) is 1.68. The molecule has 0 aromatic rings. The molecule has 2 atom stereocenters. The van der Waals surface area contributed by atoms with Crippen molar-refractivity contribution in [3.63, 3.8) is 0 Å². The van der Waals surface area contributed by atoms with Gasteiger partial charge in [0.2, 0.25) is 0 Å². The van der Waals surface area contributed by atoms with Crippen LogP contribution in [0.3, 0.4) is 0 Å². The summed E-state index contributed by atoms with van der Waals surface area (Å²) in [6, 6.07) is 0.811. The van der Waals surface area contributed by atoms with Crippen molar-refractivity contribution in [3.05, 3.63) is 0 Å². The predicted molar refractivity (Wildman–Crippen MR) is 50.7 cm³/mol. The average molecular weight is 186 g/mol. The molecule has 1 aliphatic rings. The van der Waals surface area contributed by atoms with E-state index in [0.717, 1.165) is 13.1 Å². The highest BCUT2D eigenvalue weighted by molar-refractivity contribution is 5.67. The third-order valence-electron chi connectivity index (χ3n) is 2.79. The number of rotatable bonds is 0. The highest BCUT2D eigenvalue weighted by Gasteiger charge is 2.29. The van der Waals surface area contributed by atoms with E-state index < -0.39 is 0 Å². The molecule has 0 N–H and O–H groups in total. The summed E-state index contributed by atoms with van der Waals surface area (Å²) >= 11 is 0. The Balaban J connectivity index is 2.58. The van der Waals surface area contributed by atoms with E-state index in [2.05, 4.69) is 25.8 Å². The van der Waals surface area contributed by atoms with Crippen molar-refractivity contribution in [1.29, 1.82) is 0 Å². The van der Waals surface area contributed by atoms with E-state index in [4.69, 9.17) is 4.74 Å². The van der Waals surface area contributed by atoms with Crippen LogP contribution in [0.1, 0.15) is 13.8 Å². The van der Waals surface area contributed by atoms with Gasteiger partial charge in [-0.25, -0.2) is 4.79 Å². The normalized spacial score (nSPS) is 30.3. The number of methoxy groups -OCH3 is 1. The minimum Gasteiger partial charge on any atom is -0.453 e. The van der Waals surface area contributed by atoms with E-state index in [9.17, 15) is 4.79 Å². The van der Waals surface area contributed by atoms with Crippen LogP contribution >= 0.6 is 0 Å². The van der Waals surface area contributed by atoms with Crippen LogP contribution in [-0.2, 0) is 4.74 Å². The third kappa shape index (κ3) is 2.12. The standard InChI is InChI=1S/C9H18N2O2/c1-7-5-11(9(12)13-4)6-8(2)10(7)3/h7-8H,5-6H2,1-4H3. The maximum absolute atomic E-state index is 11.2. The summed E-state index contributed by atoms with van der Waals surface area (Å²) in [6.07, 6.45) is -0.216. The van der Waals surface area contributed by atoms with Crippen LogP contribution in [0.5, 0.6) is 0 Å². The van der Waals surface area contributed by atoms with Gasteiger partial charge in [-0.2, -0.15) is 0 Å². The Morgan fingerprint density at radius 2 is 1.77 bits per heavy atom. The van der Waals surface area contributed by atoms with Crippen molar-refractivity contribution in [2.24, 2.45) is 0 Å². The van der Waals surface area contributed by atoms with Crippen molar-refractivity contribution in [2.45, 2.75) is 25.9 Å². The second-order valence-electron chi connectivity index (χ2n) is 3.74. The molecule has 1 heterocycles. The summed E-state index contributed by atoms with van der Waals surface area (Å²) in [5.41, 5.74) is 0. The highest BCUT2D eigenvalue weighted by atomic mass is 16.5. The lowest BCUT2D eigenvalue weighted by atomic mass is 10.1. The van der Waals surface area contributed by atoms with Gasteiger partial charge in [-0.15, -0.1) is 0 Å². The number of likely N-dealkylation sites (N-methyl/N-ethyl adjacent to an activating group) is 1. The number of amides is 1. The van der Waals surface area contributed by atoms with Gasteiger partial charge in [0, 0.05) is 25.2 Å².